The Labute approximate surface area is 116 Å². The second kappa shape index (κ2) is 4.85. The van der Waals surface area contributed by atoms with Gasteiger partial charge in [-0.05, 0) is 41.3 Å². The summed E-state index contributed by atoms with van der Waals surface area (Å²) < 4.78 is 5.26. The first kappa shape index (κ1) is 12.5. The third-order valence-electron chi connectivity index (χ3n) is 3.42. The van der Waals surface area contributed by atoms with E-state index in [2.05, 4.69) is 31.2 Å². The van der Waals surface area contributed by atoms with Gasteiger partial charge in [0, 0.05) is 5.39 Å². The van der Waals surface area contributed by atoms with Gasteiger partial charge < -0.3 is 9.52 Å². The van der Waals surface area contributed by atoms with Crippen LogP contribution in [0.5, 0.6) is 0 Å². The normalized spacial score (nSPS) is 10.8. The zero-order valence-electron chi connectivity index (χ0n) is 11.1. The summed E-state index contributed by atoms with van der Waals surface area (Å²) in [5.74, 6) is -1.08. The first-order valence-electron chi connectivity index (χ1n) is 6.53. The Kier molecular flexibility index (Phi) is 3.03. The van der Waals surface area contributed by atoms with E-state index >= 15 is 0 Å². The van der Waals surface area contributed by atoms with Crippen LogP contribution in [-0.2, 0) is 6.42 Å². The fraction of sp³-hybridized carbons (Fsp3) is 0.118. The summed E-state index contributed by atoms with van der Waals surface area (Å²) in [6, 6.07) is 15.6. The predicted octanol–water partition coefficient (Wildman–Crippen LogP) is 4.36. The molecule has 1 heterocycles. The molecule has 0 aliphatic heterocycles. The van der Waals surface area contributed by atoms with Crippen LogP contribution in [0.1, 0.15) is 23.0 Å². The quantitative estimate of drug-likeness (QED) is 0.766. The van der Waals surface area contributed by atoms with Gasteiger partial charge >= 0.3 is 5.97 Å². The molecule has 0 amide bonds. The van der Waals surface area contributed by atoms with Crippen LogP contribution in [0.25, 0.3) is 22.1 Å². The predicted molar refractivity (Wildman–Crippen MR) is 78.0 cm³/mol. The Morgan fingerprint density at radius 3 is 2.40 bits per heavy atom. The minimum absolute atomic E-state index is 0.0292. The molecule has 0 saturated heterocycles. The Hall–Kier alpha value is -2.55. The highest BCUT2D eigenvalue weighted by Gasteiger charge is 2.10. The van der Waals surface area contributed by atoms with Gasteiger partial charge in [0.05, 0.1) is 0 Å². The maximum atomic E-state index is 10.9. The first-order valence-corrected chi connectivity index (χ1v) is 6.53. The van der Waals surface area contributed by atoms with Crippen LogP contribution < -0.4 is 0 Å². The number of furan rings is 1. The van der Waals surface area contributed by atoms with E-state index < -0.39 is 5.97 Å². The number of hydrogen-bond donors (Lipinski definition) is 1. The topological polar surface area (TPSA) is 50.4 Å². The summed E-state index contributed by atoms with van der Waals surface area (Å²) in [4.78, 5) is 10.9. The SMILES string of the molecule is CCc1ccc(-c2ccc3oc(C(=O)O)cc3c2)cc1. The second-order valence-corrected chi connectivity index (χ2v) is 4.72. The van der Waals surface area contributed by atoms with E-state index in [-0.39, 0.29) is 5.76 Å². The molecule has 0 unspecified atom stereocenters. The number of fused-ring (bicyclic) bond motifs is 1. The maximum absolute atomic E-state index is 10.9. The van der Waals surface area contributed by atoms with Gasteiger partial charge in [0.15, 0.2) is 0 Å². The molecule has 0 fully saturated rings. The van der Waals surface area contributed by atoms with Gasteiger partial charge in [-0.25, -0.2) is 4.79 Å². The van der Waals surface area contributed by atoms with Crippen molar-refractivity contribution in [3.05, 3.63) is 59.9 Å². The van der Waals surface area contributed by atoms with E-state index in [1.54, 1.807) is 6.07 Å². The number of carboxylic acids is 1. The van der Waals surface area contributed by atoms with Crippen molar-refractivity contribution in [2.24, 2.45) is 0 Å². The van der Waals surface area contributed by atoms with E-state index in [4.69, 9.17) is 9.52 Å². The highest BCUT2D eigenvalue weighted by atomic mass is 16.4. The standard InChI is InChI=1S/C17H14O3/c1-2-11-3-5-12(6-4-11)13-7-8-15-14(9-13)10-16(20-15)17(18)19/h3-10H,2H2,1H3,(H,18,19). The smallest absolute Gasteiger partial charge is 0.371 e. The van der Waals surface area contributed by atoms with Crippen LogP contribution in [0, 0.1) is 0 Å². The van der Waals surface area contributed by atoms with E-state index in [0.717, 1.165) is 22.9 Å². The average molecular weight is 266 g/mol. The lowest BCUT2D eigenvalue weighted by Gasteiger charge is -2.03. The van der Waals surface area contributed by atoms with Crippen molar-refractivity contribution in [2.45, 2.75) is 13.3 Å². The van der Waals surface area contributed by atoms with E-state index in [1.165, 1.54) is 5.56 Å². The molecule has 2 aromatic carbocycles. The molecule has 0 saturated carbocycles. The Morgan fingerprint density at radius 1 is 1.05 bits per heavy atom. The van der Waals surface area contributed by atoms with Gasteiger partial charge in [0.1, 0.15) is 5.58 Å². The summed E-state index contributed by atoms with van der Waals surface area (Å²) in [7, 11) is 0. The van der Waals surface area contributed by atoms with Crippen LogP contribution in [0.3, 0.4) is 0 Å². The Balaban J connectivity index is 2.04. The van der Waals surface area contributed by atoms with Crippen molar-refractivity contribution < 1.29 is 14.3 Å². The van der Waals surface area contributed by atoms with Crippen molar-refractivity contribution in [1.82, 2.24) is 0 Å². The Bertz CT molecular complexity index is 767. The van der Waals surface area contributed by atoms with Gasteiger partial charge in [0.2, 0.25) is 5.76 Å². The molecule has 1 N–H and O–H groups in total. The molecule has 3 heteroatoms. The number of aryl methyl sites for hydroxylation is 1. The fourth-order valence-electron chi connectivity index (χ4n) is 2.26. The maximum Gasteiger partial charge on any atom is 0.371 e. The van der Waals surface area contributed by atoms with Crippen molar-refractivity contribution in [2.75, 3.05) is 0 Å². The molecule has 0 bridgehead atoms. The van der Waals surface area contributed by atoms with Crippen molar-refractivity contribution >= 4 is 16.9 Å². The molecule has 0 aliphatic rings. The molecule has 1 aromatic heterocycles. The number of carbonyl (C=O) groups is 1. The average Bonchev–Trinajstić information content (AvgIpc) is 2.90. The lowest BCUT2D eigenvalue weighted by atomic mass is 10.0. The molecule has 100 valence electrons. The number of carboxylic acid groups (broad SMARTS) is 1. The zero-order valence-corrected chi connectivity index (χ0v) is 11.1. The molecule has 3 aromatic rings. The number of hydrogen-bond acceptors (Lipinski definition) is 2. The van der Waals surface area contributed by atoms with E-state index in [0.29, 0.717) is 5.58 Å². The van der Waals surface area contributed by atoms with Crippen LogP contribution >= 0.6 is 0 Å². The van der Waals surface area contributed by atoms with Gasteiger partial charge in [0.25, 0.3) is 0 Å². The van der Waals surface area contributed by atoms with Gasteiger partial charge in [-0.3, -0.25) is 0 Å². The van der Waals surface area contributed by atoms with Gasteiger partial charge in [-0.1, -0.05) is 37.3 Å². The molecule has 0 spiro atoms. The second-order valence-electron chi connectivity index (χ2n) is 4.72. The third kappa shape index (κ3) is 2.18. The fourth-order valence-corrected chi connectivity index (χ4v) is 2.26. The van der Waals surface area contributed by atoms with Crippen LogP contribution in [0.15, 0.2) is 52.9 Å². The van der Waals surface area contributed by atoms with Crippen LogP contribution in [0.4, 0.5) is 0 Å². The van der Waals surface area contributed by atoms with Gasteiger partial charge in [-0.2, -0.15) is 0 Å². The summed E-state index contributed by atoms with van der Waals surface area (Å²) in [6.07, 6.45) is 1.02. The summed E-state index contributed by atoms with van der Waals surface area (Å²) >= 11 is 0. The van der Waals surface area contributed by atoms with E-state index in [1.807, 2.05) is 18.2 Å². The molecule has 0 aliphatic carbocycles. The molecule has 20 heavy (non-hydrogen) atoms. The number of rotatable bonds is 3. The molecular weight excluding hydrogens is 252 g/mol. The largest absolute Gasteiger partial charge is 0.475 e. The zero-order chi connectivity index (χ0) is 14.1. The van der Waals surface area contributed by atoms with Crippen molar-refractivity contribution in [3.63, 3.8) is 0 Å². The third-order valence-corrected chi connectivity index (χ3v) is 3.42. The van der Waals surface area contributed by atoms with Crippen molar-refractivity contribution in [1.29, 1.82) is 0 Å². The molecule has 0 atom stereocenters. The van der Waals surface area contributed by atoms with Crippen LogP contribution in [0.2, 0.25) is 0 Å². The van der Waals surface area contributed by atoms with Crippen molar-refractivity contribution in [3.8, 4) is 11.1 Å². The lowest BCUT2D eigenvalue weighted by molar-refractivity contribution is 0.0665. The summed E-state index contributed by atoms with van der Waals surface area (Å²) in [6.45, 7) is 2.12. The highest BCUT2D eigenvalue weighted by molar-refractivity contribution is 5.93. The highest BCUT2D eigenvalue weighted by Crippen LogP contribution is 2.27. The molecular formula is C17H14O3. The summed E-state index contributed by atoms with van der Waals surface area (Å²) in [5.41, 5.74) is 4.06. The van der Waals surface area contributed by atoms with E-state index in [9.17, 15) is 4.79 Å². The molecule has 3 nitrogen and oxygen atoms in total. The number of benzene rings is 2. The summed E-state index contributed by atoms with van der Waals surface area (Å²) in [5, 5.41) is 9.74. The number of aromatic carboxylic acids is 1. The minimum Gasteiger partial charge on any atom is -0.475 e. The minimum atomic E-state index is -1.05. The monoisotopic (exact) mass is 266 g/mol. The van der Waals surface area contributed by atoms with Crippen LogP contribution in [-0.4, -0.2) is 11.1 Å². The molecule has 0 radical (unpaired) electrons. The molecule has 3 rings (SSSR count). The van der Waals surface area contributed by atoms with Gasteiger partial charge in [-0.15, -0.1) is 0 Å². The first-order chi connectivity index (χ1) is 9.67. The Morgan fingerprint density at radius 2 is 1.75 bits per heavy atom. The lowest BCUT2D eigenvalue weighted by Crippen LogP contribution is -1.91.